The summed E-state index contributed by atoms with van der Waals surface area (Å²) >= 11 is 6.07. The van der Waals surface area contributed by atoms with Gasteiger partial charge in [0.1, 0.15) is 12.4 Å². The number of likely N-dealkylation sites (tertiary alicyclic amines) is 1. The van der Waals surface area contributed by atoms with Gasteiger partial charge in [0.15, 0.2) is 5.82 Å². The van der Waals surface area contributed by atoms with Crippen LogP contribution in [0.25, 0.3) is 0 Å². The molecule has 144 valence electrons. The minimum absolute atomic E-state index is 0.000300. The molecule has 0 saturated carbocycles. The van der Waals surface area contributed by atoms with Crippen LogP contribution in [0.2, 0.25) is 5.02 Å². The second-order valence-corrected chi connectivity index (χ2v) is 6.96. The third-order valence-corrected chi connectivity index (χ3v) is 4.91. The average Bonchev–Trinajstić information content (AvgIpc) is 3.08. The zero-order valence-corrected chi connectivity index (χ0v) is 15.9. The maximum absolute atomic E-state index is 12.3. The quantitative estimate of drug-likeness (QED) is 0.818. The van der Waals surface area contributed by atoms with E-state index in [9.17, 15) is 9.59 Å². The molecule has 8 heteroatoms. The predicted octanol–water partition coefficient (Wildman–Crippen LogP) is 3.03. The number of anilines is 1. The second-order valence-electron chi connectivity index (χ2n) is 6.55. The van der Waals surface area contributed by atoms with E-state index in [0.717, 1.165) is 5.56 Å². The zero-order chi connectivity index (χ0) is 19.2. The number of aryl methyl sites for hydroxylation is 1. The Bertz CT molecular complexity index is 800. The van der Waals surface area contributed by atoms with Crippen LogP contribution < -0.4 is 5.32 Å². The maximum atomic E-state index is 12.3. The third kappa shape index (κ3) is 5.30. The standard InChI is InChI=1S/C19H22ClN3O4/c1-13-10-17(22-27-13)21-19(25)14-6-8-23(9-7-14)18(24)12-26-11-15-4-2-3-5-16(15)20/h2-5,10,14H,6-9,11-12H2,1H3,(H,21,22,25). The van der Waals surface area contributed by atoms with Crippen LogP contribution in [0.4, 0.5) is 5.82 Å². The number of hydrogen-bond acceptors (Lipinski definition) is 5. The smallest absolute Gasteiger partial charge is 0.248 e. The molecule has 1 fully saturated rings. The number of aromatic nitrogens is 1. The van der Waals surface area contributed by atoms with Crippen molar-refractivity contribution < 1.29 is 18.8 Å². The number of nitrogens with one attached hydrogen (secondary N) is 1. The van der Waals surface area contributed by atoms with Crippen molar-refractivity contribution >= 4 is 29.2 Å². The van der Waals surface area contributed by atoms with Crippen LogP contribution in [-0.2, 0) is 20.9 Å². The fourth-order valence-electron chi connectivity index (χ4n) is 3.00. The van der Waals surface area contributed by atoms with Crippen LogP contribution in [0.1, 0.15) is 24.2 Å². The molecular weight excluding hydrogens is 370 g/mol. The van der Waals surface area contributed by atoms with E-state index >= 15 is 0 Å². The molecule has 1 aliphatic heterocycles. The summed E-state index contributed by atoms with van der Waals surface area (Å²) < 4.78 is 10.4. The monoisotopic (exact) mass is 391 g/mol. The zero-order valence-electron chi connectivity index (χ0n) is 15.1. The van der Waals surface area contributed by atoms with Crippen molar-refractivity contribution in [3.05, 3.63) is 46.7 Å². The number of carbonyl (C=O) groups excluding carboxylic acids is 2. The largest absolute Gasteiger partial charge is 0.367 e. The lowest BCUT2D eigenvalue weighted by atomic mass is 9.96. The lowest BCUT2D eigenvalue weighted by molar-refractivity contribution is -0.139. The molecule has 0 bridgehead atoms. The fourth-order valence-corrected chi connectivity index (χ4v) is 3.19. The van der Waals surface area contributed by atoms with Crippen molar-refractivity contribution in [3.8, 4) is 0 Å². The Morgan fingerprint density at radius 2 is 2.07 bits per heavy atom. The summed E-state index contributed by atoms with van der Waals surface area (Å²) in [5.74, 6) is 0.750. The van der Waals surface area contributed by atoms with Gasteiger partial charge in [-0.15, -0.1) is 0 Å². The van der Waals surface area contributed by atoms with Gasteiger partial charge in [0.25, 0.3) is 0 Å². The molecule has 2 amide bonds. The highest BCUT2D eigenvalue weighted by molar-refractivity contribution is 6.31. The molecule has 0 aliphatic carbocycles. The minimum atomic E-state index is -0.143. The van der Waals surface area contributed by atoms with E-state index in [0.29, 0.717) is 49.1 Å². The predicted molar refractivity (Wildman–Crippen MR) is 100 cm³/mol. The van der Waals surface area contributed by atoms with Crippen LogP contribution in [0.5, 0.6) is 0 Å². The Hall–Kier alpha value is -2.38. The van der Waals surface area contributed by atoms with Crippen LogP contribution >= 0.6 is 11.6 Å². The van der Waals surface area contributed by atoms with E-state index in [1.165, 1.54) is 0 Å². The molecule has 2 aromatic rings. The van der Waals surface area contributed by atoms with Crippen molar-refractivity contribution in [2.24, 2.45) is 5.92 Å². The van der Waals surface area contributed by atoms with Crippen molar-refractivity contribution in [1.29, 1.82) is 0 Å². The van der Waals surface area contributed by atoms with Crippen molar-refractivity contribution in [3.63, 3.8) is 0 Å². The number of hydrogen-bond donors (Lipinski definition) is 1. The first-order chi connectivity index (χ1) is 13.0. The number of ether oxygens (including phenoxy) is 1. The van der Waals surface area contributed by atoms with Gasteiger partial charge in [0.2, 0.25) is 11.8 Å². The molecule has 3 rings (SSSR count). The lowest BCUT2D eigenvalue weighted by Gasteiger charge is -2.31. The van der Waals surface area contributed by atoms with Crippen LogP contribution in [-0.4, -0.2) is 41.6 Å². The number of piperidine rings is 1. The SMILES string of the molecule is Cc1cc(NC(=O)C2CCN(C(=O)COCc3ccccc3Cl)CC2)no1. The lowest BCUT2D eigenvalue weighted by Crippen LogP contribution is -2.42. The van der Waals surface area contributed by atoms with Gasteiger partial charge >= 0.3 is 0 Å². The van der Waals surface area contributed by atoms with Gasteiger partial charge in [-0.2, -0.15) is 0 Å². The highest BCUT2D eigenvalue weighted by Gasteiger charge is 2.27. The molecule has 1 saturated heterocycles. The Morgan fingerprint density at radius 3 is 2.74 bits per heavy atom. The summed E-state index contributed by atoms with van der Waals surface area (Å²) in [5, 5.41) is 7.14. The summed E-state index contributed by atoms with van der Waals surface area (Å²) in [6, 6.07) is 9.06. The number of rotatable bonds is 6. The number of amides is 2. The first-order valence-electron chi connectivity index (χ1n) is 8.86. The topological polar surface area (TPSA) is 84.7 Å². The first kappa shape index (κ1) is 19.4. The molecule has 1 aromatic carbocycles. The van der Waals surface area contributed by atoms with Crippen molar-refractivity contribution in [2.75, 3.05) is 25.0 Å². The van der Waals surface area contributed by atoms with Crippen LogP contribution in [0.15, 0.2) is 34.9 Å². The normalized spacial score (nSPS) is 15.0. The fraction of sp³-hybridized carbons (Fsp3) is 0.421. The minimum Gasteiger partial charge on any atom is -0.367 e. The van der Waals surface area contributed by atoms with Crippen LogP contribution in [0.3, 0.4) is 0 Å². The van der Waals surface area contributed by atoms with E-state index in [4.69, 9.17) is 20.9 Å². The van der Waals surface area contributed by atoms with Gasteiger partial charge in [-0.25, -0.2) is 0 Å². The summed E-state index contributed by atoms with van der Waals surface area (Å²) in [7, 11) is 0. The number of halogens is 1. The average molecular weight is 392 g/mol. The highest BCUT2D eigenvalue weighted by atomic mass is 35.5. The molecule has 1 aliphatic rings. The van der Waals surface area contributed by atoms with E-state index in [1.54, 1.807) is 24.0 Å². The van der Waals surface area contributed by atoms with E-state index < -0.39 is 0 Å². The third-order valence-electron chi connectivity index (χ3n) is 4.54. The molecule has 0 spiro atoms. The molecule has 7 nitrogen and oxygen atoms in total. The van der Waals surface area contributed by atoms with Gasteiger partial charge in [-0.1, -0.05) is 35.0 Å². The number of carbonyl (C=O) groups is 2. The maximum Gasteiger partial charge on any atom is 0.248 e. The van der Waals surface area contributed by atoms with Crippen molar-refractivity contribution in [2.45, 2.75) is 26.4 Å². The Kier molecular flexibility index (Phi) is 6.47. The van der Waals surface area contributed by atoms with E-state index in [1.807, 2.05) is 18.2 Å². The Labute approximate surface area is 162 Å². The summed E-state index contributed by atoms with van der Waals surface area (Å²) in [6.45, 7) is 3.12. The Balaban J connectivity index is 1.40. The molecule has 1 aromatic heterocycles. The van der Waals surface area contributed by atoms with Gasteiger partial charge in [-0.3, -0.25) is 9.59 Å². The van der Waals surface area contributed by atoms with Crippen LogP contribution in [0, 0.1) is 12.8 Å². The highest BCUT2D eigenvalue weighted by Crippen LogP contribution is 2.20. The van der Waals surface area contributed by atoms with E-state index in [2.05, 4.69) is 10.5 Å². The second kappa shape index (κ2) is 9.01. The molecule has 27 heavy (non-hydrogen) atoms. The molecular formula is C19H22ClN3O4. The summed E-state index contributed by atoms with van der Waals surface area (Å²) in [6.07, 6.45) is 1.22. The Morgan fingerprint density at radius 1 is 1.33 bits per heavy atom. The number of nitrogens with zero attached hydrogens (tertiary/aromatic N) is 2. The van der Waals surface area contributed by atoms with Crippen molar-refractivity contribution in [1.82, 2.24) is 10.1 Å². The molecule has 0 atom stereocenters. The molecule has 0 radical (unpaired) electrons. The van der Waals surface area contributed by atoms with Gasteiger partial charge in [0, 0.05) is 30.1 Å². The summed E-state index contributed by atoms with van der Waals surface area (Å²) in [5.41, 5.74) is 0.852. The van der Waals surface area contributed by atoms with Gasteiger partial charge in [0.05, 0.1) is 6.61 Å². The first-order valence-corrected chi connectivity index (χ1v) is 9.24. The van der Waals surface area contributed by atoms with E-state index in [-0.39, 0.29) is 24.3 Å². The summed E-state index contributed by atoms with van der Waals surface area (Å²) in [4.78, 5) is 26.3. The molecule has 2 heterocycles. The van der Waals surface area contributed by atoms with Gasteiger partial charge in [-0.05, 0) is 31.4 Å². The molecule has 1 N–H and O–H groups in total. The molecule has 0 unspecified atom stereocenters. The number of benzene rings is 1. The van der Waals surface area contributed by atoms with Gasteiger partial charge < -0.3 is 19.5 Å².